The zero-order chi connectivity index (χ0) is 11.2. The molecule has 0 aliphatic rings. The van der Waals surface area contributed by atoms with Gasteiger partial charge in [0.25, 0.3) is 0 Å². The van der Waals surface area contributed by atoms with Crippen LogP contribution in [0.1, 0.15) is 18.9 Å². The molecule has 0 atom stereocenters. The van der Waals surface area contributed by atoms with E-state index in [4.69, 9.17) is 0 Å². The molecule has 1 N–H and O–H groups in total. The van der Waals surface area contributed by atoms with E-state index in [0.717, 1.165) is 13.1 Å². The van der Waals surface area contributed by atoms with Crippen LogP contribution in [0.5, 0.6) is 0 Å². The number of anilines is 1. The number of hydrogen-bond donors (Lipinski definition) is 1. The van der Waals surface area contributed by atoms with Gasteiger partial charge in [0, 0.05) is 31.2 Å². The number of nitrogens with one attached hydrogen (secondary N) is 1. The van der Waals surface area contributed by atoms with Gasteiger partial charge in [-0.2, -0.15) is 0 Å². The van der Waals surface area contributed by atoms with Gasteiger partial charge in [0.1, 0.15) is 0 Å². The second kappa shape index (κ2) is 5.40. The lowest BCUT2D eigenvalue weighted by molar-refractivity contribution is 0.682. The summed E-state index contributed by atoms with van der Waals surface area (Å²) in [5.41, 5.74) is 2.50. The van der Waals surface area contributed by atoms with Crippen LogP contribution in [0.2, 0.25) is 0 Å². The van der Waals surface area contributed by atoms with Crippen molar-refractivity contribution < 1.29 is 0 Å². The monoisotopic (exact) mass is 214 g/mol. The summed E-state index contributed by atoms with van der Waals surface area (Å²) in [6.45, 7) is 4.19. The van der Waals surface area contributed by atoms with E-state index in [1.807, 2.05) is 18.2 Å². The third-order valence-corrected chi connectivity index (χ3v) is 2.56. The van der Waals surface area contributed by atoms with E-state index in [9.17, 15) is 0 Å². The van der Waals surface area contributed by atoms with Crippen LogP contribution in [0.3, 0.4) is 0 Å². The molecule has 16 heavy (non-hydrogen) atoms. The maximum Gasteiger partial charge on any atom is 0.0415 e. The minimum atomic E-state index is 0.890. The number of aryl methyl sites for hydroxylation is 1. The van der Waals surface area contributed by atoms with Crippen molar-refractivity contribution in [3.8, 4) is 0 Å². The zero-order valence-electron chi connectivity index (χ0n) is 9.69. The molecule has 1 aromatic heterocycles. The van der Waals surface area contributed by atoms with Crippen LogP contribution in [-0.4, -0.2) is 4.57 Å². The van der Waals surface area contributed by atoms with Crippen molar-refractivity contribution in [3.63, 3.8) is 0 Å². The molecule has 2 heteroatoms. The van der Waals surface area contributed by atoms with E-state index in [2.05, 4.69) is 47.4 Å². The number of hydrogen-bond acceptors (Lipinski definition) is 1. The lowest BCUT2D eigenvalue weighted by atomic mass is 10.3. The van der Waals surface area contributed by atoms with Crippen LogP contribution in [0.15, 0.2) is 48.8 Å². The molecule has 0 fully saturated rings. The molecule has 0 bridgehead atoms. The number of benzene rings is 1. The molecular weight excluding hydrogens is 196 g/mol. The van der Waals surface area contributed by atoms with Gasteiger partial charge >= 0.3 is 0 Å². The molecule has 2 nitrogen and oxygen atoms in total. The summed E-state index contributed by atoms with van der Waals surface area (Å²) >= 11 is 0. The van der Waals surface area contributed by atoms with Crippen molar-refractivity contribution in [2.45, 2.75) is 26.4 Å². The topological polar surface area (TPSA) is 17.0 Å². The second-order valence-corrected chi connectivity index (χ2v) is 3.98. The van der Waals surface area contributed by atoms with Gasteiger partial charge in [0.05, 0.1) is 0 Å². The normalized spacial score (nSPS) is 10.3. The van der Waals surface area contributed by atoms with Gasteiger partial charge < -0.3 is 9.88 Å². The lowest BCUT2D eigenvalue weighted by Gasteiger charge is -2.04. The Balaban J connectivity index is 1.89. The van der Waals surface area contributed by atoms with E-state index >= 15 is 0 Å². The van der Waals surface area contributed by atoms with Crippen molar-refractivity contribution in [3.05, 3.63) is 54.4 Å². The van der Waals surface area contributed by atoms with Crippen molar-refractivity contribution in [2.75, 3.05) is 5.32 Å². The molecular formula is C14H18N2. The van der Waals surface area contributed by atoms with Gasteiger partial charge in [-0.05, 0) is 30.2 Å². The highest BCUT2D eigenvalue weighted by atomic mass is 14.9. The van der Waals surface area contributed by atoms with Gasteiger partial charge in [0.15, 0.2) is 0 Å². The summed E-state index contributed by atoms with van der Waals surface area (Å²) in [6, 6.07) is 12.5. The van der Waals surface area contributed by atoms with Crippen molar-refractivity contribution in [1.29, 1.82) is 0 Å². The van der Waals surface area contributed by atoms with Crippen LogP contribution in [0.4, 0.5) is 5.69 Å². The smallest absolute Gasteiger partial charge is 0.0415 e. The molecule has 0 spiro atoms. The van der Waals surface area contributed by atoms with Crippen LogP contribution in [-0.2, 0) is 13.1 Å². The summed E-state index contributed by atoms with van der Waals surface area (Å²) in [5, 5.41) is 3.40. The van der Waals surface area contributed by atoms with E-state index in [1.165, 1.54) is 17.7 Å². The van der Waals surface area contributed by atoms with Gasteiger partial charge in [-0.1, -0.05) is 25.1 Å². The molecule has 1 heterocycles. The highest BCUT2D eigenvalue weighted by molar-refractivity contribution is 5.42. The Hall–Kier alpha value is -1.70. The molecule has 0 radical (unpaired) electrons. The fourth-order valence-corrected chi connectivity index (χ4v) is 1.75. The predicted molar refractivity (Wildman–Crippen MR) is 68.5 cm³/mol. The Morgan fingerprint density at radius 2 is 1.94 bits per heavy atom. The molecule has 1 aromatic carbocycles. The van der Waals surface area contributed by atoms with E-state index < -0.39 is 0 Å². The molecule has 2 aromatic rings. The molecule has 0 aliphatic heterocycles. The second-order valence-electron chi connectivity index (χ2n) is 3.98. The number of nitrogens with zero attached hydrogens (tertiary/aromatic N) is 1. The first-order chi connectivity index (χ1) is 7.88. The van der Waals surface area contributed by atoms with E-state index in [1.54, 1.807) is 0 Å². The summed E-state index contributed by atoms with van der Waals surface area (Å²) in [6.07, 6.45) is 5.53. The minimum Gasteiger partial charge on any atom is -0.381 e. The average molecular weight is 214 g/mol. The van der Waals surface area contributed by atoms with Crippen LogP contribution in [0, 0.1) is 0 Å². The number of rotatable bonds is 5. The Bertz CT molecular complexity index is 417. The summed E-state index contributed by atoms with van der Waals surface area (Å²) in [7, 11) is 0. The van der Waals surface area contributed by atoms with Gasteiger partial charge in [-0.3, -0.25) is 0 Å². The Morgan fingerprint density at radius 3 is 2.69 bits per heavy atom. The van der Waals surface area contributed by atoms with Crippen LogP contribution >= 0.6 is 0 Å². The number of aromatic nitrogens is 1. The van der Waals surface area contributed by atoms with E-state index in [0.29, 0.717) is 0 Å². The Kier molecular flexibility index (Phi) is 3.65. The van der Waals surface area contributed by atoms with Gasteiger partial charge in [-0.15, -0.1) is 0 Å². The maximum atomic E-state index is 3.40. The third-order valence-electron chi connectivity index (χ3n) is 2.56. The molecule has 0 amide bonds. The molecule has 84 valence electrons. The lowest BCUT2D eigenvalue weighted by Crippen LogP contribution is -1.98. The van der Waals surface area contributed by atoms with Crippen molar-refractivity contribution >= 4 is 5.69 Å². The molecule has 0 aliphatic carbocycles. The minimum absolute atomic E-state index is 0.890. The maximum absolute atomic E-state index is 3.40. The molecule has 0 unspecified atom stereocenters. The summed E-state index contributed by atoms with van der Waals surface area (Å²) in [4.78, 5) is 0. The number of para-hydroxylation sites is 1. The first kappa shape index (κ1) is 10.8. The first-order valence-electron chi connectivity index (χ1n) is 5.82. The predicted octanol–water partition coefficient (Wildman–Crippen LogP) is 3.51. The highest BCUT2D eigenvalue weighted by Crippen LogP contribution is 2.09. The Labute approximate surface area is 96.9 Å². The fraction of sp³-hybridized carbons (Fsp3) is 0.286. The quantitative estimate of drug-likeness (QED) is 0.806. The van der Waals surface area contributed by atoms with Gasteiger partial charge in [-0.25, -0.2) is 0 Å². The van der Waals surface area contributed by atoms with Gasteiger partial charge in [0.2, 0.25) is 0 Å². The Morgan fingerprint density at radius 1 is 1.12 bits per heavy atom. The molecule has 2 rings (SSSR count). The SMILES string of the molecule is CCCn1ccc(CNc2ccccc2)c1. The standard InChI is InChI=1S/C14H18N2/c1-2-9-16-10-8-13(12-16)11-15-14-6-4-3-5-7-14/h3-8,10,12,15H,2,9,11H2,1H3. The van der Waals surface area contributed by atoms with Crippen molar-refractivity contribution in [2.24, 2.45) is 0 Å². The summed E-state index contributed by atoms with van der Waals surface area (Å²) in [5.74, 6) is 0. The molecule has 0 saturated heterocycles. The molecule has 0 saturated carbocycles. The zero-order valence-corrected chi connectivity index (χ0v) is 9.69. The van der Waals surface area contributed by atoms with Crippen molar-refractivity contribution in [1.82, 2.24) is 4.57 Å². The van der Waals surface area contributed by atoms with Crippen LogP contribution in [0.25, 0.3) is 0 Å². The summed E-state index contributed by atoms with van der Waals surface area (Å²) < 4.78 is 2.24. The fourth-order valence-electron chi connectivity index (χ4n) is 1.75. The third kappa shape index (κ3) is 2.89. The highest BCUT2D eigenvalue weighted by Gasteiger charge is 1.96. The van der Waals surface area contributed by atoms with E-state index in [-0.39, 0.29) is 0 Å². The largest absolute Gasteiger partial charge is 0.381 e. The van der Waals surface area contributed by atoms with Crippen LogP contribution < -0.4 is 5.32 Å². The average Bonchev–Trinajstić information content (AvgIpc) is 2.76. The first-order valence-corrected chi connectivity index (χ1v) is 5.82.